The monoisotopic (exact) mass is 355 g/mol. The Morgan fingerprint density at radius 3 is 2.80 bits per heavy atom. The Kier molecular flexibility index (Phi) is 4.31. The lowest BCUT2D eigenvalue weighted by Crippen LogP contribution is -2.54. The fourth-order valence-corrected chi connectivity index (χ4v) is 4.25. The van der Waals surface area contributed by atoms with E-state index < -0.39 is 5.54 Å². The Bertz CT molecular complexity index is 860. The topological polar surface area (TPSA) is 81.2 Å². The first-order valence-corrected chi connectivity index (χ1v) is 9.48. The quantitative estimate of drug-likeness (QED) is 0.745. The molecule has 0 atom stereocenters. The number of nitrogens with zero attached hydrogens (tertiary/aromatic N) is 1. The van der Waals surface area contributed by atoms with Crippen molar-refractivity contribution in [2.24, 2.45) is 5.73 Å². The van der Waals surface area contributed by atoms with Crippen molar-refractivity contribution in [2.45, 2.75) is 44.2 Å². The van der Waals surface area contributed by atoms with E-state index in [1.165, 1.54) is 0 Å². The number of rotatable bonds is 4. The van der Waals surface area contributed by atoms with Crippen molar-refractivity contribution in [3.8, 4) is 10.8 Å². The van der Waals surface area contributed by atoms with Gasteiger partial charge in [0.05, 0.1) is 22.3 Å². The van der Waals surface area contributed by atoms with Crippen LogP contribution < -0.4 is 11.1 Å². The minimum atomic E-state index is -0.722. The van der Waals surface area contributed by atoms with Crippen molar-refractivity contribution in [2.75, 3.05) is 0 Å². The van der Waals surface area contributed by atoms with E-state index in [-0.39, 0.29) is 5.91 Å². The summed E-state index contributed by atoms with van der Waals surface area (Å²) in [6, 6.07) is 11.8. The molecule has 2 aromatic heterocycles. The molecule has 1 amide bonds. The van der Waals surface area contributed by atoms with Crippen LogP contribution in [0.15, 0.2) is 40.8 Å². The van der Waals surface area contributed by atoms with Crippen LogP contribution in [-0.4, -0.2) is 16.4 Å². The van der Waals surface area contributed by atoms with Gasteiger partial charge in [-0.05, 0) is 37.1 Å². The molecule has 5 nitrogen and oxygen atoms in total. The van der Waals surface area contributed by atoms with Crippen LogP contribution in [0.3, 0.4) is 0 Å². The van der Waals surface area contributed by atoms with E-state index in [0.717, 1.165) is 53.1 Å². The van der Waals surface area contributed by atoms with Crippen LogP contribution in [0.25, 0.3) is 21.0 Å². The summed E-state index contributed by atoms with van der Waals surface area (Å²) in [5, 5.41) is 3.77. The molecule has 0 aliphatic heterocycles. The van der Waals surface area contributed by atoms with Crippen LogP contribution in [0.4, 0.5) is 0 Å². The number of fused-ring (bicyclic) bond motifs is 1. The van der Waals surface area contributed by atoms with Crippen LogP contribution in [0.5, 0.6) is 0 Å². The minimum Gasteiger partial charge on any atom is -0.457 e. The van der Waals surface area contributed by atoms with E-state index in [0.29, 0.717) is 12.3 Å². The van der Waals surface area contributed by atoms with Gasteiger partial charge >= 0.3 is 0 Å². The predicted molar refractivity (Wildman–Crippen MR) is 99.2 cm³/mol. The maximum atomic E-state index is 12.4. The van der Waals surface area contributed by atoms with Crippen LogP contribution in [0, 0.1) is 0 Å². The second-order valence-corrected chi connectivity index (χ2v) is 7.68. The van der Waals surface area contributed by atoms with Gasteiger partial charge in [-0.2, -0.15) is 0 Å². The lowest BCUT2D eigenvalue weighted by Gasteiger charge is -2.31. The molecule has 0 saturated heterocycles. The number of para-hydroxylation sites is 1. The van der Waals surface area contributed by atoms with Crippen molar-refractivity contribution in [3.63, 3.8) is 0 Å². The van der Waals surface area contributed by atoms with Crippen molar-refractivity contribution in [1.29, 1.82) is 0 Å². The fourth-order valence-electron chi connectivity index (χ4n) is 3.32. The number of hydrogen-bond donors (Lipinski definition) is 2. The lowest BCUT2D eigenvalue weighted by atomic mass is 9.82. The molecule has 0 bridgehead atoms. The zero-order valence-corrected chi connectivity index (χ0v) is 14.8. The van der Waals surface area contributed by atoms with Gasteiger partial charge in [-0.25, -0.2) is 4.98 Å². The minimum absolute atomic E-state index is 0.0786. The molecular weight excluding hydrogens is 334 g/mol. The van der Waals surface area contributed by atoms with E-state index in [1.54, 1.807) is 11.3 Å². The third-order valence-electron chi connectivity index (χ3n) is 4.79. The number of thiazole rings is 1. The summed E-state index contributed by atoms with van der Waals surface area (Å²) in [6.45, 7) is 0.350. The number of nitrogens with two attached hydrogens (primary N) is 1. The van der Waals surface area contributed by atoms with E-state index >= 15 is 0 Å². The molecule has 1 aromatic carbocycles. The van der Waals surface area contributed by atoms with Gasteiger partial charge in [0.2, 0.25) is 5.91 Å². The Labute approximate surface area is 150 Å². The van der Waals surface area contributed by atoms with Gasteiger partial charge in [-0.3, -0.25) is 4.79 Å². The van der Waals surface area contributed by atoms with Gasteiger partial charge < -0.3 is 15.5 Å². The van der Waals surface area contributed by atoms with Crippen LogP contribution in [0.1, 0.15) is 37.9 Å². The Hall–Kier alpha value is -2.18. The molecule has 1 fully saturated rings. The molecule has 4 rings (SSSR count). The number of hydrogen-bond acceptors (Lipinski definition) is 5. The van der Waals surface area contributed by atoms with Gasteiger partial charge in [-0.1, -0.05) is 31.4 Å². The first-order chi connectivity index (χ1) is 12.1. The Morgan fingerprint density at radius 2 is 2.00 bits per heavy atom. The summed E-state index contributed by atoms with van der Waals surface area (Å²) in [7, 11) is 0. The van der Waals surface area contributed by atoms with Gasteiger partial charge in [0.1, 0.15) is 5.76 Å². The molecule has 0 spiro atoms. The molecule has 130 valence electrons. The zero-order chi connectivity index (χ0) is 17.3. The molecule has 0 radical (unpaired) electrons. The highest BCUT2D eigenvalue weighted by Gasteiger charge is 2.35. The van der Waals surface area contributed by atoms with Gasteiger partial charge in [-0.15, -0.1) is 11.3 Å². The Morgan fingerprint density at radius 1 is 1.20 bits per heavy atom. The molecule has 0 unspecified atom stereocenters. The van der Waals surface area contributed by atoms with Crippen molar-refractivity contribution in [1.82, 2.24) is 10.3 Å². The summed E-state index contributed by atoms with van der Waals surface area (Å²) in [6.07, 6.45) is 4.72. The summed E-state index contributed by atoms with van der Waals surface area (Å²) < 4.78 is 6.99. The van der Waals surface area contributed by atoms with E-state index in [2.05, 4.69) is 10.3 Å². The summed E-state index contributed by atoms with van der Waals surface area (Å²) >= 11 is 1.60. The highest BCUT2D eigenvalue weighted by Crippen LogP contribution is 2.31. The fraction of sp³-hybridized carbons (Fsp3) is 0.368. The molecule has 1 saturated carbocycles. The highest BCUT2D eigenvalue weighted by atomic mass is 32.1. The summed E-state index contributed by atoms with van der Waals surface area (Å²) in [4.78, 5) is 17.0. The molecule has 3 N–H and O–H groups in total. The SMILES string of the molecule is NC1(C(=O)NCc2ccc(-c3nc4ccccc4s3)o2)CCCCC1. The average molecular weight is 355 g/mol. The van der Waals surface area contributed by atoms with Gasteiger partial charge in [0.15, 0.2) is 10.8 Å². The summed E-state index contributed by atoms with van der Waals surface area (Å²) in [5.41, 5.74) is 6.50. The van der Waals surface area contributed by atoms with Gasteiger partial charge in [0, 0.05) is 0 Å². The first-order valence-electron chi connectivity index (χ1n) is 8.66. The van der Waals surface area contributed by atoms with Crippen LogP contribution in [0.2, 0.25) is 0 Å². The molecule has 2 heterocycles. The standard InChI is InChI=1S/C19H21N3O2S/c20-19(10-4-1-5-11-19)18(23)21-12-13-8-9-15(24-13)17-22-14-6-2-3-7-16(14)25-17/h2-3,6-9H,1,4-5,10-12,20H2,(H,21,23). The smallest absolute Gasteiger partial charge is 0.240 e. The summed E-state index contributed by atoms with van der Waals surface area (Å²) in [5.74, 6) is 1.36. The van der Waals surface area contributed by atoms with E-state index in [4.69, 9.17) is 10.2 Å². The van der Waals surface area contributed by atoms with Crippen molar-refractivity contribution < 1.29 is 9.21 Å². The number of carbonyl (C=O) groups is 1. The molecule has 1 aliphatic carbocycles. The molecule has 6 heteroatoms. The average Bonchev–Trinajstić information content (AvgIpc) is 3.26. The third kappa shape index (κ3) is 3.32. The molecule has 1 aliphatic rings. The Balaban J connectivity index is 1.43. The van der Waals surface area contributed by atoms with Gasteiger partial charge in [0.25, 0.3) is 0 Å². The number of carbonyl (C=O) groups excluding carboxylic acids is 1. The van der Waals surface area contributed by atoms with Crippen LogP contribution in [-0.2, 0) is 11.3 Å². The number of nitrogens with one attached hydrogen (secondary N) is 1. The van der Waals surface area contributed by atoms with E-state index in [1.807, 2.05) is 36.4 Å². The van der Waals surface area contributed by atoms with E-state index in [9.17, 15) is 4.79 Å². The number of amides is 1. The third-order valence-corrected chi connectivity index (χ3v) is 5.84. The maximum absolute atomic E-state index is 12.4. The maximum Gasteiger partial charge on any atom is 0.240 e. The largest absolute Gasteiger partial charge is 0.457 e. The number of benzene rings is 1. The first kappa shape index (κ1) is 16.3. The highest BCUT2D eigenvalue weighted by molar-refractivity contribution is 7.21. The van der Waals surface area contributed by atoms with Crippen LogP contribution >= 0.6 is 11.3 Å². The lowest BCUT2D eigenvalue weighted by molar-refractivity contribution is -0.127. The second-order valence-electron chi connectivity index (χ2n) is 6.65. The molecule has 25 heavy (non-hydrogen) atoms. The molecular formula is C19H21N3O2S. The number of aromatic nitrogens is 1. The number of furan rings is 1. The van der Waals surface area contributed by atoms with Crippen molar-refractivity contribution in [3.05, 3.63) is 42.2 Å². The zero-order valence-electron chi connectivity index (χ0n) is 14.0. The second kappa shape index (κ2) is 6.61. The molecule has 3 aromatic rings. The normalized spacial score (nSPS) is 16.8. The predicted octanol–water partition coefficient (Wildman–Crippen LogP) is 3.83. The van der Waals surface area contributed by atoms with Crippen molar-refractivity contribution >= 4 is 27.5 Å².